The van der Waals surface area contributed by atoms with Crippen LogP contribution in [0.3, 0.4) is 0 Å². The van der Waals surface area contributed by atoms with Crippen LogP contribution >= 0.6 is 0 Å². The van der Waals surface area contributed by atoms with E-state index in [0.29, 0.717) is 18.9 Å². The Kier molecular flexibility index (Phi) is 7.78. The molecule has 37 heavy (non-hydrogen) atoms. The van der Waals surface area contributed by atoms with Crippen molar-refractivity contribution in [3.63, 3.8) is 0 Å². The van der Waals surface area contributed by atoms with Crippen LogP contribution in [0.15, 0.2) is 60.7 Å². The highest BCUT2D eigenvalue weighted by Crippen LogP contribution is 2.39. The molecule has 194 valence electrons. The molecule has 0 fully saturated rings. The van der Waals surface area contributed by atoms with E-state index in [1.54, 1.807) is 7.05 Å². The van der Waals surface area contributed by atoms with Crippen molar-refractivity contribution in [2.45, 2.75) is 19.5 Å². The first kappa shape index (κ1) is 25.8. The standard InChI is InChI=1S/C27H31N5O5/c1-17-7-4-5-10-22(17)32-25(29-30-27(32)36)20-14-21(24(34)15-23(20)33)26(35)31(3)16-18-8-6-9-19(13-18)37-12-11-28-2/h4-10,13-15,17,22,28,33-34H,11-12,16H2,1-3H3,(H,30,36). The van der Waals surface area contributed by atoms with Crippen molar-refractivity contribution in [2.24, 2.45) is 5.92 Å². The fourth-order valence-corrected chi connectivity index (χ4v) is 4.25. The fourth-order valence-electron chi connectivity index (χ4n) is 4.25. The number of hydrogen-bond donors (Lipinski definition) is 4. The first-order valence-electron chi connectivity index (χ1n) is 12.0. The van der Waals surface area contributed by atoms with Crippen LogP contribution in [0.4, 0.5) is 0 Å². The van der Waals surface area contributed by atoms with Crippen LogP contribution in [0.25, 0.3) is 11.4 Å². The molecule has 0 saturated carbocycles. The average molecular weight is 506 g/mol. The summed E-state index contributed by atoms with van der Waals surface area (Å²) in [6.45, 7) is 3.48. The first-order valence-corrected chi connectivity index (χ1v) is 12.0. The van der Waals surface area contributed by atoms with Gasteiger partial charge in [0.25, 0.3) is 5.91 Å². The molecule has 10 heteroatoms. The van der Waals surface area contributed by atoms with Gasteiger partial charge in [-0.2, -0.15) is 0 Å². The SMILES string of the molecule is CNCCOc1cccc(CN(C)C(=O)c2cc(-c3nnc(O)n3C3C=CC=CC3C)c(O)cc2O)c1. The van der Waals surface area contributed by atoms with Gasteiger partial charge in [-0.05, 0) is 36.7 Å². The lowest BCUT2D eigenvalue weighted by atomic mass is 9.96. The van der Waals surface area contributed by atoms with E-state index in [2.05, 4.69) is 15.5 Å². The van der Waals surface area contributed by atoms with Crippen LogP contribution < -0.4 is 10.1 Å². The minimum absolute atomic E-state index is 0.0158. The monoisotopic (exact) mass is 505 g/mol. The number of amides is 1. The maximum atomic E-state index is 13.3. The third-order valence-corrected chi connectivity index (χ3v) is 6.22. The molecular weight excluding hydrogens is 474 g/mol. The Labute approximate surface area is 215 Å². The van der Waals surface area contributed by atoms with Crippen LogP contribution in [0, 0.1) is 5.92 Å². The summed E-state index contributed by atoms with van der Waals surface area (Å²) in [7, 11) is 3.47. The summed E-state index contributed by atoms with van der Waals surface area (Å²) in [6.07, 6.45) is 7.65. The Morgan fingerprint density at radius 1 is 1.11 bits per heavy atom. The number of aromatic hydroxyl groups is 3. The Balaban J connectivity index is 1.61. The van der Waals surface area contributed by atoms with E-state index >= 15 is 0 Å². The fraction of sp³-hybridized carbons (Fsp3) is 0.296. The van der Waals surface area contributed by atoms with Crippen LogP contribution in [0.2, 0.25) is 0 Å². The molecule has 10 nitrogen and oxygen atoms in total. The van der Waals surface area contributed by atoms with Gasteiger partial charge in [0, 0.05) is 26.2 Å². The van der Waals surface area contributed by atoms with E-state index in [1.807, 2.05) is 62.5 Å². The molecule has 1 aliphatic carbocycles. The minimum atomic E-state index is -0.454. The molecular formula is C27H31N5O5. The number of nitrogens with zero attached hydrogens (tertiary/aromatic N) is 4. The van der Waals surface area contributed by atoms with Gasteiger partial charge in [0.05, 0.1) is 17.2 Å². The lowest BCUT2D eigenvalue weighted by molar-refractivity contribution is 0.0782. The number of carbonyl (C=O) groups is 1. The molecule has 1 amide bonds. The van der Waals surface area contributed by atoms with E-state index in [4.69, 9.17) is 4.74 Å². The lowest BCUT2D eigenvalue weighted by Crippen LogP contribution is -2.26. The summed E-state index contributed by atoms with van der Waals surface area (Å²) in [4.78, 5) is 14.8. The number of aromatic nitrogens is 3. The van der Waals surface area contributed by atoms with E-state index < -0.39 is 5.91 Å². The summed E-state index contributed by atoms with van der Waals surface area (Å²) in [6, 6.07) is 9.30. The molecule has 3 aromatic rings. The van der Waals surface area contributed by atoms with Crippen LogP contribution in [-0.4, -0.2) is 68.1 Å². The number of hydrogen-bond acceptors (Lipinski definition) is 8. The van der Waals surface area contributed by atoms with Crippen molar-refractivity contribution in [2.75, 3.05) is 27.2 Å². The Bertz CT molecular complexity index is 1330. The summed E-state index contributed by atoms with van der Waals surface area (Å²) in [5, 5.41) is 42.5. The van der Waals surface area contributed by atoms with Crippen LogP contribution in [0.5, 0.6) is 23.3 Å². The highest BCUT2D eigenvalue weighted by Gasteiger charge is 2.27. The predicted octanol–water partition coefficient (Wildman–Crippen LogP) is 3.24. The minimum Gasteiger partial charge on any atom is -0.507 e. The van der Waals surface area contributed by atoms with Crippen molar-refractivity contribution in [3.8, 4) is 34.6 Å². The zero-order valence-electron chi connectivity index (χ0n) is 21.0. The normalized spacial score (nSPS) is 16.6. The van der Waals surface area contributed by atoms with E-state index in [9.17, 15) is 20.1 Å². The van der Waals surface area contributed by atoms with Crippen molar-refractivity contribution in [3.05, 3.63) is 71.8 Å². The smallest absolute Gasteiger partial charge is 0.315 e. The molecule has 0 spiro atoms. The summed E-state index contributed by atoms with van der Waals surface area (Å²) >= 11 is 0. The lowest BCUT2D eigenvalue weighted by Gasteiger charge is -2.24. The molecule has 1 aromatic heterocycles. The molecule has 4 N–H and O–H groups in total. The second-order valence-corrected chi connectivity index (χ2v) is 8.96. The number of allylic oxidation sites excluding steroid dienone is 4. The van der Waals surface area contributed by atoms with E-state index in [1.165, 1.54) is 15.5 Å². The summed E-state index contributed by atoms with van der Waals surface area (Å²) < 4.78 is 7.20. The number of phenols is 2. The van der Waals surface area contributed by atoms with Crippen molar-refractivity contribution < 1.29 is 24.9 Å². The van der Waals surface area contributed by atoms with Gasteiger partial charge in [0.2, 0.25) is 0 Å². The molecule has 2 aromatic carbocycles. The molecule has 4 rings (SSSR count). The predicted molar refractivity (Wildman–Crippen MR) is 139 cm³/mol. The Morgan fingerprint density at radius 3 is 2.65 bits per heavy atom. The molecule has 0 radical (unpaired) electrons. The quantitative estimate of drug-likeness (QED) is 0.326. The van der Waals surface area contributed by atoms with Gasteiger partial charge in [0.15, 0.2) is 5.82 Å². The number of rotatable bonds is 9. The maximum absolute atomic E-state index is 13.3. The first-order chi connectivity index (χ1) is 17.8. The third kappa shape index (κ3) is 5.59. The van der Waals surface area contributed by atoms with Crippen molar-refractivity contribution >= 4 is 5.91 Å². The largest absolute Gasteiger partial charge is 0.507 e. The molecule has 0 bridgehead atoms. The number of phenolic OH excluding ortho intramolecular Hbond substituents is 2. The van der Waals surface area contributed by atoms with Crippen LogP contribution in [0.1, 0.15) is 28.9 Å². The van der Waals surface area contributed by atoms with E-state index in [-0.39, 0.29) is 53.0 Å². The molecule has 0 saturated heterocycles. The second-order valence-electron chi connectivity index (χ2n) is 8.96. The number of ether oxygens (including phenoxy) is 1. The van der Waals surface area contributed by atoms with Crippen molar-refractivity contribution in [1.82, 2.24) is 25.0 Å². The number of nitrogens with one attached hydrogen (secondary N) is 1. The Morgan fingerprint density at radius 2 is 1.89 bits per heavy atom. The number of likely N-dealkylation sites (N-methyl/N-ethyl adjacent to an activating group) is 1. The van der Waals surface area contributed by atoms with Crippen LogP contribution in [-0.2, 0) is 6.54 Å². The molecule has 2 atom stereocenters. The van der Waals surface area contributed by atoms with Gasteiger partial charge >= 0.3 is 6.01 Å². The summed E-state index contributed by atoms with van der Waals surface area (Å²) in [5.41, 5.74) is 1.00. The highest BCUT2D eigenvalue weighted by atomic mass is 16.5. The Hall–Kier alpha value is -4.31. The van der Waals surface area contributed by atoms with Gasteiger partial charge in [-0.3, -0.25) is 9.36 Å². The maximum Gasteiger partial charge on any atom is 0.315 e. The third-order valence-electron chi connectivity index (χ3n) is 6.22. The van der Waals surface area contributed by atoms with E-state index in [0.717, 1.165) is 11.6 Å². The molecule has 1 aliphatic rings. The highest BCUT2D eigenvalue weighted by molar-refractivity contribution is 5.98. The van der Waals surface area contributed by atoms with Gasteiger partial charge in [-0.25, -0.2) is 0 Å². The number of carbonyl (C=O) groups excluding carboxylic acids is 1. The molecule has 1 heterocycles. The summed E-state index contributed by atoms with van der Waals surface area (Å²) in [5.74, 6) is -0.219. The zero-order valence-corrected chi connectivity index (χ0v) is 21.0. The second kappa shape index (κ2) is 11.2. The number of benzene rings is 2. The average Bonchev–Trinajstić information content (AvgIpc) is 3.25. The van der Waals surface area contributed by atoms with Gasteiger partial charge in [0.1, 0.15) is 23.9 Å². The molecule has 2 unspecified atom stereocenters. The topological polar surface area (TPSA) is 133 Å². The van der Waals surface area contributed by atoms with Gasteiger partial charge < -0.3 is 30.3 Å². The van der Waals surface area contributed by atoms with Gasteiger partial charge in [-0.15, -0.1) is 5.10 Å². The molecule has 0 aliphatic heterocycles. The zero-order chi connectivity index (χ0) is 26.5. The van der Waals surface area contributed by atoms with Gasteiger partial charge in [-0.1, -0.05) is 48.5 Å². The van der Waals surface area contributed by atoms with Crippen molar-refractivity contribution in [1.29, 1.82) is 0 Å².